The summed E-state index contributed by atoms with van der Waals surface area (Å²) in [5, 5.41) is 0.274. The van der Waals surface area contributed by atoms with Crippen molar-refractivity contribution in [2.45, 2.75) is 18.7 Å². The Hall–Kier alpha value is -1.52. The highest BCUT2D eigenvalue weighted by Gasteiger charge is 2.19. The molecule has 19 heavy (non-hydrogen) atoms. The van der Waals surface area contributed by atoms with Crippen molar-refractivity contribution in [2.75, 3.05) is 0 Å². The monoisotopic (exact) mass is 296 g/mol. The number of hydrogen-bond donors (Lipinski definition) is 0. The van der Waals surface area contributed by atoms with E-state index in [1.165, 1.54) is 12.1 Å². The minimum absolute atomic E-state index is 0.109. The SMILES string of the molecule is Cc1ccc(S(=O)(=O)Oc2c(C)cccc2Cl)cc1. The van der Waals surface area contributed by atoms with Crippen molar-refractivity contribution in [2.24, 2.45) is 0 Å². The molecule has 0 N–H and O–H groups in total. The number of rotatable bonds is 3. The summed E-state index contributed by atoms with van der Waals surface area (Å²) < 4.78 is 29.4. The molecule has 0 atom stereocenters. The van der Waals surface area contributed by atoms with E-state index < -0.39 is 10.1 Å². The summed E-state index contributed by atoms with van der Waals surface area (Å²) >= 11 is 5.96. The maximum Gasteiger partial charge on any atom is 0.339 e. The van der Waals surface area contributed by atoms with E-state index in [1.807, 2.05) is 6.92 Å². The molecule has 5 heteroatoms. The molecule has 100 valence electrons. The van der Waals surface area contributed by atoms with Gasteiger partial charge in [-0.15, -0.1) is 0 Å². The molecule has 0 aliphatic carbocycles. The maximum atomic E-state index is 12.1. The molecular weight excluding hydrogens is 284 g/mol. The minimum atomic E-state index is -3.86. The third kappa shape index (κ3) is 3.08. The molecule has 0 bridgehead atoms. The normalized spacial score (nSPS) is 11.3. The number of halogens is 1. The molecule has 0 aliphatic rings. The average Bonchev–Trinajstić information content (AvgIpc) is 2.35. The van der Waals surface area contributed by atoms with Crippen LogP contribution in [0.1, 0.15) is 11.1 Å². The van der Waals surface area contributed by atoms with Gasteiger partial charge in [0.25, 0.3) is 0 Å². The van der Waals surface area contributed by atoms with Gasteiger partial charge in [-0.05, 0) is 37.6 Å². The molecule has 0 amide bonds. The third-order valence-corrected chi connectivity index (χ3v) is 4.20. The summed E-state index contributed by atoms with van der Waals surface area (Å²) in [5.74, 6) is 0.171. The molecular formula is C14H13ClO3S. The smallest absolute Gasteiger partial charge is 0.339 e. The zero-order chi connectivity index (χ0) is 14.0. The Labute approximate surface area is 117 Å². The van der Waals surface area contributed by atoms with E-state index in [-0.39, 0.29) is 15.7 Å². The first-order valence-electron chi connectivity index (χ1n) is 5.66. The lowest BCUT2D eigenvalue weighted by molar-refractivity contribution is 0.484. The molecule has 0 aliphatic heterocycles. The van der Waals surface area contributed by atoms with Crippen LogP contribution in [0.15, 0.2) is 47.4 Å². The highest BCUT2D eigenvalue weighted by molar-refractivity contribution is 7.87. The van der Waals surface area contributed by atoms with Gasteiger partial charge in [-0.1, -0.05) is 41.4 Å². The fourth-order valence-corrected chi connectivity index (χ4v) is 2.90. The Morgan fingerprint density at radius 3 is 2.21 bits per heavy atom. The Morgan fingerprint density at radius 1 is 1.00 bits per heavy atom. The van der Waals surface area contributed by atoms with Crippen LogP contribution in [0.5, 0.6) is 5.75 Å². The molecule has 0 heterocycles. The van der Waals surface area contributed by atoms with E-state index in [1.54, 1.807) is 37.3 Å². The molecule has 2 rings (SSSR count). The summed E-state index contributed by atoms with van der Waals surface area (Å²) in [4.78, 5) is 0.109. The Morgan fingerprint density at radius 2 is 1.63 bits per heavy atom. The second kappa shape index (κ2) is 5.23. The van der Waals surface area contributed by atoms with E-state index in [4.69, 9.17) is 15.8 Å². The predicted octanol–water partition coefficient (Wildman–Crippen LogP) is 3.72. The van der Waals surface area contributed by atoms with Crippen molar-refractivity contribution >= 4 is 21.7 Å². The predicted molar refractivity (Wildman–Crippen MR) is 75.2 cm³/mol. The second-order valence-corrected chi connectivity index (χ2v) is 6.19. The quantitative estimate of drug-likeness (QED) is 0.811. The zero-order valence-corrected chi connectivity index (χ0v) is 12.1. The largest absolute Gasteiger partial charge is 0.377 e. The van der Waals surface area contributed by atoms with Crippen LogP contribution in [0.2, 0.25) is 5.02 Å². The van der Waals surface area contributed by atoms with Gasteiger partial charge < -0.3 is 4.18 Å². The van der Waals surface area contributed by atoms with Crippen LogP contribution in [0.3, 0.4) is 0 Å². The molecule has 0 spiro atoms. The van der Waals surface area contributed by atoms with Crippen LogP contribution in [-0.2, 0) is 10.1 Å². The fourth-order valence-electron chi connectivity index (χ4n) is 1.58. The summed E-state index contributed by atoms with van der Waals surface area (Å²) in [5.41, 5.74) is 1.65. The number of hydrogen-bond acceptors (Lipinski definition) is 3. The lowest BCUT2D eigenvalue weighted by Gasteiger charge is -2.10. The first-order chi connectivity index (χ1) is 8.90. The molecule has 2 aromatic rings. The van der Waals surface area contributed by atoms with Gasteiger partial charge in [0.2, 0.25) is 0 Å². The molecule has 0 aromatic heterocycles. The van der Waals surface area contributed by atoms with Crippen molar-refractivity contribution in [3.05, 3.63) is 58.6 Å². The average molecular weight is 297 g/mol. The molecule has 0 saturated carbocycles. The van der Waals surface area contributed by atoms with Crippen molar-refractivity contribution < 1.29 is 12.6 Å². The second-order valence-electron chi connectivity index (χ2n) is 4.24. The van der Waals surface area contributed by atoms with E-state index in [0.29, 0.717) is 5.56 Å². The van der Waals surface area contributed by atoms with Crippen LogP contribution < -0.4 is 4.18 Å². The Balaban J connectivity index is 2.39. The van der Waals surface area contributed by atoms with Gasteiger partial charge in [0.1, 0.15) is 4.90 Å². The highest BCUT2D eigenvalue weighted by atomic mass is 35.5. The van der Waals surface area contributed by atoms with E-state index in [9.17, 15) is 8.42 Å². The number of benzene rings is 2. The van der Waals surface area contributed by atoms with E-state index >= 15 is 0 Å². The van der Waals surface area contributed by atoms with Crippen molar-refractivity contribution in [1.29, 1.82) is 0 Å². The Bertz CT molecular complexity index is 671. The molecule has 2 aromatic carbocycles. The summed E-state index contributed by atoms with van der Waals surface area (Å²) in [7, 11) is -3.86. The topological polar surface area (TPSA) is 43.4 Å². The van der Waals surface area contributed by atoms with Crippen LogP contribution in [0.25, 0.3) is 0 Å². The minimum Gasteiger partial charge on any atom is -0.377 e. The van der Waals surface area contributed by atoms with Crippen molar-refractivity contribution in [3.8, 4) is 5.75 Å². The number of para-hydroxylation sites is 1. The first kappa shape index (κ1) is 13.9. The van der Waals surface area contributed by atoms with Crippen molar-refractivity contribution in [1.82, 2.24) is 0 Å². The van der Waals surface area contributed by atoms with E-state index in [0.717, 1.165) is 5.56 Å². The standard InChI is InChI=1S/C14H13ClO3S/c1-10-6-8-12(9-7-10)19(16,17)18-14-11(2)4-3-5-13(14)15/h3-9H,1-2H3. The van der Waals surface area contributed by atoms with E-state index in [2.05, 4.69) is 0 Å². The summed E-state index contributed by atoms with van der Waals surface area (Å²) in [6, 6.07) is 11.5. The van der Waals surface area contributed by atoms with Crippen LogP contribution >= 0.6 is 11.6 Å². The highest BCUT2D eigenvalue weighted by Crippen LogP contribution is 2.30. The molecule has 0 unspecified atom stereocenters. The van der Waals surface area contributed by atoms with Gasteiger partial charge in [0.15, 0.2) is 5.75 Å². The van der Waals surface area contributed by atoms with Gasteiger partial charge in [0.05, 0.1) is 5.02 Å². The number of aryl methyl sites for hydroxylation is 2. The molecule has 0 fully saturated rings. The third-order valence-electron chi connectivity index (χ3n) is 2.67. The fraction of sp³-hybridized carbons (Fsp3) is 0.143. The van der Waals surface area contributed by atoms with Crippen molar-refractivity contribution in [3.63, 3.8) is 0 Å². The molecule has 0 radical (unpaired) electrons. The molecule has 0 saturated heterocycles. The lowest BCUT2D eigenvalue weighted by atomic mass is 10.2. The van der Waals surface area contributed by atoms with Crippen LogP contribution in [0, 0.1) is 13.8 Å². The summed E-state index contributed by atoms with van der Waals surface area (Å²) in [6.07, 6.45) is 0. The van der Waals surface area contributed by atoms with Crippen LogP contribution in [0.4, 0.5) is 0 Å². The van der Waals surface area contributed by atoms with Gasteiger partial charge in [0, 0.05) is 0 Å². The summed E-state index contributed by atoms with van der Waals surface area (Å²) in [6.45, 7) is 3.63. The van der Waals surface area contributed by atoms with Gasteiger partial charge >= 0.3 is 10.1 Å². The maximum absolute atomic E-state index is 12.1. The van der Waals surface area contributed by atoms with Gasteiger partial charge in [-0.25, -0.2) is 0 Å². The van der Waals surface area contributed by atoms with Gasteiger partial charge in [-0.3, -0.25) is 0 Å². The Kier molecular flexibility index (Phi) is 3.83. The first-order valence-corrected chi connectivity index (χ1v) is 7.45. The zero-order valence-electron chi connectivity index (χ0n) is 10.6. The molecule has 3 nitrogen and oxygen atoms in total. The van der Waals surface area contributed by atoms with Gasteiger partial charge in [-0.2, -0.15) is 8.42 Å². The lowest BCUT2D eigenvalue weighted by Crippen LogP contribution is -2.10. The van der Waals surface area contributed by atoms with Crippen LogP contribution in [-0.4, -0.2) is 8.42 Å².